The lowest BCUT2D eigenvalue weighted by molar-refractivity contribution is 1.02. The third kappa shape index (κ3) is 2.89. The first-order valence-electron chi connectivity index (χ1n) is 4.86. The van der Waals surface area contributed by atoms with Gasteiger partial charge in [0, 0.05) is 14.6 Å². The highest BCUT2D eigenvalue weighted by Gasteiger charge is 2.15. The molecule has 1 atom stereocenters. The summed E-state index contributed by atoms with van der Waals surface area (Å²) in [6.07, 6.45) is 0. The summed E-state index contributed by atoms with van der Waals surface area (Å²) in [7, 11) is 0. The largest absolute Gasteiger partial charge is 0.365 e. The molecule has 0 saturated carbocycles. The molecular weight excluding hydrogens is 364 g/mol. The van der Waals surface area contributed by atoms with E-state index < -0.39 is 0 Å². The zero-order valence-electron chi connectivity index (χ0n) is 8.65. The summed E-state index contributed by atoms with van der Waals surface area (Å²) in [6, 6.07) is 11.6. The van der Waals surface area contributed by atoms with Crippen LogP contribution < -0.4 is 5.32 Å². The van der Waals surface area contributed by atoms with Crippen LogP contribution in [0.1, 0.15) is 10.9 Å². The van der Waals surface area contributed by atoms with Crippen molar-refractivity contribution in [2.75, 3.05) is 5.32 Å². The Balaban J connectivity index is 2.26. The Labute approximate surface area is 121 Å². The van der Waals surface area contributed by atoms with E-state index in [4.69, 9.17) is 0 Å². The van der Waals surface area contributed by atoms with E-state index in [-0.39, 0.29) is 6.04 Å². The standard InChI is InChI=1S/C12H8Br2N2S/c13-8-3-1-2-4-10(8)16-11(7-15)12-9(14)5-6-17-12/h1-6,11,16H. The molecule has 0 bridgehead atoms. The first kappa shape index (κ1) is 12.6. The van der Waals surface area contributed by atoms with Crippen LogP contribution in [0.3, 0.4) is 0 Å². The molecule has 1 unspecified atom stereocenters. The summed E-state index contributed by atoms with van der Waals surface area (Å²) in [4.78, 5) is 0.989. The molecule has 0 amide bonds. The molecular formula is C12H8Br2N2S. The van der Waals surface area contributed by atoms with E-state index in [1.54, 1.807) is 11.3 Å². The fourth-order valence-corrected chi connectivity index (χ4v) is 3.40. The minimum atomic E-state index is -0.344. The lowest BCUT2D eigenvalue weighted by Crippen LogP contribution is -2.07. The van der Waals surface area contributed by atoms with Gasteiger partial charge in [-0.2, -0.15) is 5.26 Å². The Morgan fingerprint density at radius 2 is 1.94 bits per heavy atom. The molecule has 17 heavy (non-hydrogen) atoms. The second kappa shape index (κ2) is 5.67. The molecule has 1 aromatic heterocycles. The van der Waals surface area contributed by atoms with E-state index in [9.17, 15) is 5.26 Å². The van der Waals surface area contributed by atoms with E-state index in [0.29, 0.717) is 0 Å². The van der Waals surface area contributed by atoms with Crippen molar-refractivity contribution in [1.82, 2.24) is 0 Å². The quantitative estimate of drug-likeness (QED) is 0.828. The highest BCUT2D eigenvalue weighted by Crippen LogP contribution is 2.32. The number of rotatable bonds is 3. The first-order chi connectivity index (χ1) is 8.22. The van der Waals surface area contributed by atoms with Crippen LogP contribution in [0.5, 0.6) is 0 Å². The predicted molar refractivity (Wildman–Crippen MR) is 78.1 cm³/mol. The number of thiophene rings is 1. The smallest absolute Gasteiger partial charge is 0.150 e. The van der Waals surface area contributed by atoms with Crippen LogP contribution in [-0.4, -0.2) is 0 Å². The van der Waals surface area contributed by atoms with Gasteiger partial charge in [0.05, 0.1) is 10.9 Å². The van der Waals surface area contributed by atoms with Crippen LogP contribution in [0.2, 0.25) is 0 Å². The van der Waals surface area contributed by atoms with E-state index in [0.717, 1.165) is 19.5 Å². The minimum Gasteiger partial charge on any atom is -0.365 e. The van der Waals surface area contributed by atoms with Crippen molar-refractivity contribution in [3.63, 3.8) is 0 Å². The highest BCUT2D eigenvalue weighted by atomic mass is 79.9. The average Bonchev–Trinajstić information content (AvgIpc) is 2.75. The molecule has 0 fully saturated rings. The van der Waals surface area contributed by atoms with E-state index in [1.165, 1.54) is 0 Å². The van der Waals surface area contributed by atoms with Gasteiger partial charge in [-0.15, -0.1) is 11.3 Å². The Kier molecular flexibility index (Phi) is 4.21. The molecule has 5 heteroatoms. The van der Waals surface area contributed by atoms with Gasteiger partial charge in [0.1, 0.15) is 0 Å². The van der Waals surface area contributed by atoms with Gasteiger partial charge in [-0.25, -0.2) is 0 Å². The molecule has 2 rings (SSSR count). The minimum absolute atomic E-state index is 0.344. The molecule has 2 aromatic rings. The first-order valence-corrected chi connectivity index (χ1v) is 7.32. The summed E-state index contributed by atoms with van der Waals surface area (Å²) >= 11 is 8.46. The zero-order chi connectivity index (χ0) is 12.3. The fraction of sp³-hybridized carbons (Fsp3) is 0.0833. The van der Waals surface area contributed by atoms with Crippen LogP contribution in [0.25, 0.3) is 0 Å². The summed E-state index contributed by atoms with van der Waals surface area (Å²) in [6.45, 7) is 0. The normalized spacial score (nSPS) is 11.8. The Morgan fingerprint density at radius 1 is 1.18 bits per heavy atom. The summed E-state index contributed by atoms with van der Waals surface area (Å²) in [5.41, 5.74) is 0.916. The van der Waals surface area contributed by atoms with Crippen LogP contribution >= 0.6 is 43.2 Å². The molecule has 1 aromatic carbocycles. The van der Waals surface area contributed by atoms with Crippen LogP contribution in [0, 0.1) is 11.3 Å². The molecule has 0 aliphatic rings. The summed E-state index contributed by atoms with van der Waals surface area (Å²) < 4.78 is 1.92. The maximum absolute atomic E-state index is 9.23. The lowest BCUT2D eigenvalue weighted by Gasteiger charge is -2.13. The number of hydrogen-bond acceptors (Lipinski definition) is 3. The SMILES string of the molecule is N#CC(Nc1ccccc1Br)c1sccc1Br. The fourth-order valence-electron chi connectivity index (χ4n) is 1.40. The number of halogens is 2. The summed E-state index contributed by atoms with van der Waals surface area (Å²) in [5, 5.41) is 14.4. The van der Waals surface area contributed by atoms with Gasteiger partial charge >= 0.3 is 0 Å². The van der Waals surface area contributed by atoms with Crippen molar-refractivity contribution in [2.45, 2.75) is 6.04 Å². The average molecular weight is 372 g/mol. The molecule has 0 radical (unpaired) electrons. The highest BCUT2D eigenvalue weighted by molar-refractivity contribution is 9.11. The Morgan fingerprint density at radius 3 is 2.53 bits per heavy atom. The number of nitrogens with one attached hydrogen (secondary N) is 1. The molecule has 0 saturated heterocycles. The van der Waals surface area contributed by atoms with Gasteiger partial charge in [-0.1, -0.05) is 12.1 Å². The van der Waals surface area contributed by atoms with Crippen molar-refractivity contribution in [3.8, 4) is 6.07 Å². The van der Waals surface area contributed by atoms with E-state index in [1.807, 2.05) is 35.7 Å². The van der Waals surface area contributed by atoms with Gasteiger partial charge in [-0.3, -0.25) is 0 Å². The van der Waals surface area contributed by atoms with Crippen LogP contribution in [0.15, 0.2) is 44.7 Å². The number of benzene rings is 1. The maximum Gasteiger partial charge on any atom is 0.150 e. The maximum atomic E-state index is 9.23. The second-order valence-electron chi connectivity index (χ2n) is 3.32. The molecule has 0 aliphatic heterocycles. The number of nitrogens with zero attached hydrogens (tertiary/aromatic N) is 1. The van der Waals surface area contributed by atoms with Gasteiger partial charge in [0.15, 0.2) is 6.04 Å². The van der Waals surface area contributed by atoms with Crippen LogP contribution in [0.4, 0.5) is 5.69 Å². The molecule has 86 valence electrons. The monoisotopic (exact) mass is 370 g/mol. The van der Waals surface area contributed by atoms with E-state index >= 15 is 0 Å². The molecule has 2 nitrogen and oxygen atoms in total. The van der Waals surface area contributed by atoms with Gasteiger partial charge in [-0.05, 0) is 55.4 Å². The number of anilines is 1. The van der Waals surface area contributed by atoms with Crippen molar-refractivity contribution >= 4 is 48.9 Å². The zero-order valence-corrected chi connectivity index (χ0v) is 12.6. The van der Waals surface area contributed by atoms with Crippen molar-refractivity contribution < 1.29 is 0 Å². The van der Waals surface area contributed by atoms with Crippen molar-refractivity contribution in [3.05, 3.63) is 49.5 Å². The second-order valence-corrected chi connectivity index (χ2v) is 5.98. The molecule has 1 N–H and O–H groups in total. The Hall–Kier alpha value is -0.830. The third-order valence-electron chi connectivity index (χ3n) is 2.21. The third-order valence-corrected chi connectivity index (χ3v) is 4.84. The van der Waals surface area contributed by atoms with Gasteiger partial charge in [0.25, 0.3) is 0 Å². The van der Waals surface area contributed by atoms with Crippen LogP contribution in [-0.2, 0) is 0 Å². The topological polar surface area (TPSA) is 35.8 Å². The summed E-state index contributed by atoms with van der Waals surface area (Å²) in [5.74, 6) is 0. The molecule has 1 heterocycles. The van der Waals surface area contributed by atoms with Gasteiger partial charge < -0.3 is 5.32 Å². The number of para-hydroxylation sites is 1. The van der Waals surface area contributed by atoms with Crippen molar-refractivity contribution in [2.24, 2.45) is 0 Å². The molecule has 0 aliphatic carbocycles. The lowest BCUT2D eigenvalue weighted by atomic mass is 10.2. The number of nitriles is 1. The van der Waals surface area contributed by atoms with E-state index in [2.05, 4.69) is 43.2 Å². The van der Waals surface area contributed by atoms with Crippen molar-refractivity contribution in [1.29, 1.82) is 5.26 Å². The number of hydrogen-bond donors (Lipinski definition) is 1. The molecule has 0 spiro atoms. The predicted octanol–water partition coefficient (Wildman–Crippen LogP) is 4.95. The Bertz CT molecular complexity index is 560. The van der Waals surface area contributed by atoms with Gasteiger partial charge in [0.2, 0.25) is 0 Å².